The van der Waals surface area contributed by atoms with Gasteiger partial charge in [-0.3, -0.25) is 4.57 Å². The Morgan fingerprint density at radius 2 is 2.09 bits per heavy atom. The van der Waals surface area contributed by atoms with Gasteiger partial charge in [-0.05, 0) is 31.9 Å². The van der Waals surface area contributed by atoms with Crippen molar-refractivity contribution in [2.75, 3.05) is 24.6 Å². The van der Waals surface area contributed by atoms with Gasteiger partial charge in [0.25, 0.3) is 0 Å². The topological polar surface area (TPSA) is 43.2 Å². The first-order valence-corrected chi connectivity index (χ1v) is 8.60. The maximum absolute atomic E-state index is 12.8. The first kappa shape index (κ1) is 16.2. The van der Waals surface area contributed by atoms with Crippen LogP contribution in [0.3, 0.4) is 0 Å². The Balaban J connectivity index is 1.80. The summed E-state index contributed by atoms with van der Waals surface area (Å²) in [6.07, 6.45) is -4.42. The molecule has 1 aliphatic rings. The van der Waals surface area contributed by atoms with Crippen LogP contribution in [-0.2, 0) is 4.74 Å². The number of alkyl halides is 3. The molecule has 1 unspecified atom stereocenters. The standard InChI is InChI=1S/C11H9Br2F3N4OS/c12-7-4-20(9(13)17-7)8-5-22-10(18-8)19-1-2-21-6(3-19)11(14,15)16/h4-6H,1-3H2. The molecule has 1 saturated heterocycles. The van der Waals surface area contributed by atoms with Gasteiger partial charge in [-0.25, -0.2) is 9.97 Å². The minimum absolute atomic E-state index is 0.0272. The van der Waals surface area contributed by atoms with Gasteiger partial charge in [0.2, 0.25) is 0 Å². The van der Waals surface area contributed by atoms with Gasteiger partial charge in [0.1, 0.15) is 4.60 Å². The number of halogens is 5. The van der Waals surface area contributed by atoms with Gasteiger partial charge < -0.3 is 9.64 Å². The van der Waals surface area contributed by atoms with E-state index in [2.05, 4.69) is 41.8 Å². The molecule has 2 aromatic heterocycles. The smallest absolute Gasteiger partial charge is 0.365 e. The number of aromatic nitrogens is 3. The molecule has 0 aromatic carbocycles. The zero-order valence-corrected chi connectivity index (χ0v) is 14.8. The SMILES string of the molecule is FC(F)(F)C1CN(c2nc(-n3cc(Br)nc3Br)cs2)CCO1. The molecule has 1 fully saturated rings. The Labute approximate surface area is 144 Å². The zero-order chi connectivity index (χ0) is 15.9. The van der Waals surface area contributed by atoms with Crippen molar-refractivity contribution in [3.8, 4) is 5.82 Å². The molecule has 120 valence electrons. The molecule has 0 radical (unpaired) electrons. The van der Waals surface area contributed by atoms with Crippen LogP contribution in [0.15, 0.2) is 20.9 Å². The lowest BCUT2D eigenvalue weighted by Gasteiger charge is -2.33. The second-order valence-electron chi connectivity index (χ2n) is 4.54. The lowest BCUT2D eigenvalue weighted by atomic mass is 10.3. The van der Waals surface area contributed by atoms with Crippen LogP contribution in [-0.4, -0.2) is 46.5 Å². The fraction of sp³-hybridized carbons (Fsp3) is 0.455. The first-order valence-electron chi connectivity index (χ1n) is 6.14. The van der Waals surface area contributed by atoms with Crippen LogP contribution in [0.2, 0.25) is 0 Å². The summed E-state index contributed by atoms with van der Waals surface area (Å²) in [6.45, 7) is 0.166. The van der Waals surface area contributed by atoms with Crippen LogP contribution in [0, 0.1) is 0 Å². The molecular weight excluding hydrogens is 453 g/mol. The van der Waals surface area contributed by atoms with Gasteiger partial charge in [-0.15, -0.1) is 11.3 Å². The number of hydrogen-bond donors (Lipinski definition) is 0. The molecule has 3 heterocycles. The summed E-state index contributed by atoms with van der Waals surface area (Å²) in [4.78, 5) is 10.1. The highest BCUT2D eigenvalue weighted by molar-refractivity contribution is 9.11. The molecule has 11 heteroatoms. The lowest BCUT2D eigenvalue weighted by Crippen LogP contribution is -2.49. The Morgan fingerprint density at radius 1 is 1.32 bits per heavy atom. The van der Waals surface area contributed by atoms with Crippen LogP contribution in [0.5, 0.6) is 0 Å². The number of ether oxygens (including phenoxy) is 1. The summed E-state index contributed by atoms with van der Waals surface area (Å²) in [5.74, 6) is 0.597. The molecule has 0 N–H and O–H groups in total. The third kappa shape index (κ3) is 3.31. The highest BCUT2D eigenvalue weighted by Gasteiger charge is 2.43. The number of anilines is 1. The van der Waals surface area contributed by atoms with Crippen molar-refractivity contribution in [1.82, 2.24) is 14.5 Å². The normalized spacial score (nSPS) is 19.7. The van der Waals surface area contributed by atoms with Crippen LogP contribution in [0.4, 0.5) is 18.3 Å². The second kappa shape index (κ2) is 6.10. The molecule has 1 aliphatic heterocycles. The zero-order valence-electron chi connectivity index (χ0n) is 10.8. The molecule has 0 amide bonds. The largest absolute Gasteiger partial charge is 0.416 e. The van der Waals surface area contributed by atoms with E-state index in [1.807, 2.05) is 0 Å². The highest BCUT2D eigenvalue weighted by atomic mass is 79.9. The monoisotopic (exact) mass is 460 g/mol. The van der Waals surface area contributed by atoms with E-state index in [0.29, 0.717) is 26.8 Å². The van der Waals surface area contributed by atoms with Gasteiger partial charge in [0.15, 0.2) is 21.8 Å². The summed E-state index contributed by atoms with van der Waals surface area (Å²) in [6, 6.07) is 0. The molecule has 0 aliphatic carbocycles. The van der Waals surface area contributed by atoms with Crippen molar-refractivity contribution in [1.29, 1.82) is 0 Å². The summed E-state index contributed by atoms with van der Waals surface area (Å²) < 4.78 is 46.0. The van der Waals surface area contributed by atoms with E-state index in [0.717, 1.165) is 0 Å². The summed E-state index contributed by atoms with van der Waals surface area (Å²) in [7, 11) is 0. The van der Waals surface area contributed by atoms with E-state index in [4.69, 9.17) is 4.74 Å². The number of morpholine rings is 1. The number of thiazole rings is 1. The van der Waals surface area contributed by atoms with Gasteiger partial charge in [0, 0.05) is 18.1 Å². The molecule has 0 bridgehead atoms. The average Bonchev–Trinajstić information content (AvgIpc) is 3.04. The van der Waals surface area contributed by atoms with Crippen molar-refractivity contribution in [2.24, 2.45) is 0 Å². The Hall–Kier alpha value is -0.650. The molecular formula is C11H9Br2F3N4OS. The van der Waals surface area contributed by atoms with Crippen LogP contribution in [0.1, 0.15) is 0 Å². The van der Waals surface area contributed by atoms with Gasteiger partial charge in [0.05, 0.1) is 13.2 Å². The van der Waals surface area contributed by atoms with E-state index in [1.54, 1.807) is 21.0 Å². The fourth-order valence-corrected chi connectivity index (χ4v) is 3.95. The van der Waals surface area contributed by atoms with Crippen molar-refractivity contribution >= 4 is 48.3 Å². The molecule has 3 rings (SSSR count). The maximum Gasteiger partial charge on any atom is 0.416 e. The predicted octanol–water partition coefficient (Wildman–Crippen LogP) is 3.62. The van der Waals surface area contributed by atoms with Gasteiger partial charge >= 0.3 is 6.18 Å². The predicted molar refractivity (Wildman–Crippen MR) is 82.6 cm³/mol. The number of nitrogens with zero attached hydrogens (tertiary/aromatic N) is 4. The summed E-state index contributed by atoms with van der Waals surface area (Å²) in [5.41, 5.74) is 0. The Kier molecular flexibility index (Phi) is 4.49. The first-order chi connectivity index (χ1) is 10.3. The van der Waals surface area contributed by atoms with E-state index in [-0.39, 0.29) is 13.2 Å². The number of imidazole rings is 1. The summed E-state index contributed by atoms with van der Waals surface area (Å²) >= 11 is 7.84. The Bertz CT molecular complexity index is 675. The van der Waals surface area contributed by atoms with Crippen LogP contribution >= 0.6 is 43.2 Å². The third-order valence-corrected chi connectivity index (χ3v) is 4.89. The summed E-state index contributed by atoms with van der Waals surface area (Å²) in [5, 5.41) is 2.30. The lowest BCUT2D eigenvalue weighted by molar-refractivity contribution is -0.221. The van der Waals surface area contributed by atoms with Crippen LogP contribution < -0.4 is 4.90 Å². The molecule has 5 nitrogen and oxygen atoms in total. The van der Waals surface area contributed by atoms with Crippen molar-refractivity contribution < 1.29 is 17.9 Å². The number of hydrogen-bond acceptors (Lipinski definition) is 5. The maximum atomic E-state index is 12.8. The fourth-order valence-electron chi connectivity index (χ4n) is 2.02. The molecule has 2 aromatic rings. The molecule has 22 heavy (non-hydrogen) atoms. The van der Waals surface area contributed by atoms with E-state index < -0.39 is 12.3 Å². The highest BCUT2D eigenvalue weighted by Crippen LogP contribution is 2.31. The molecule has 0 spiro atoms. The minimum Gasteiger partial charge on any atom is -0.365 e. The van der Waals surface area contributed by atoms with E-state index in [1.165, 1.54) is 11.3 Å². The van der Waals surface area contributed by atoms with Crippen molar-refractivity contribution in [3.63, 3.8) is 0 Å². The van der Waals surface area contributed by atoms with E-state index >= 15 is 0 Å². The van der Waals surface area contributed by atoms with Gasteiger partial charge in [-0.1, -0.05) is 0 Å². The third-order valence-electron chi connectivity index (χ3n) is 3.06. The van der Waals surface area contributed by atoms with Gasteiger partial charge in [-0.2, -0.15) is 13.2 Å². The minimum atomic E-state index is -4.36. The second-order valence-corrected chi connectivity index (χ2v) is 6.90. The average molecular weight is 462 g/mol. The number of rotatable bonds is 2. The molecule has 1 atom stereocenters. The van der Waals surface area contributed by atoms with Crippen molar-refractivity contribution in [2.45, 2.75) is 12.3 Å². The van der Waals surface area contributed by atoms with Crippen LogP contribution in [0.25, 0.3) is 5.82 Å². The van der Waals surface area contributed by atoms with Crippen molar-refractivity contribution in [3.05, 3.63) is 20.9 Å². The quantitative estimate of drug-likeness (QED) is 0.685. The molecule has 0 saturated carbocycles. The Morgan fingerprint density at radius 3 is 2.73 bits per heavy atom. The van der Waals surface area contributed by atoms with E-state index in [9.17, 15) is 13.2 Å².